The van der Waals surface area contributed by atoms with Gasteiger partial charge in [-0.15, -0.1) is 0 Å². The fraction of sp³-hybridized carbons (Fsp3) is 0.929. The number of unbranched alkanes of at least 4 members (excludes halogenated alkanes) is 3. The van der Waals surface area contributed by atoms with Crippen LogP contribution in [0.1, 0.15) is 52.9 Å². The number of esters is 1. The van der Waals surface area contributed by atoms with E-state index < -0.39 is 0 Å². The summed E-state index contributed by atoms with van der Waals surface area (Å²) < 4.78 is 10.8. The highest BCUT2D eigenvalue weighted by Crippen LogP contribution is 2.15. The van der Waals surface area contributed by atoms with Crippen molar-refractivity contribution in [3.63, 3.8) is 0 Å². The molecule has 0 amide bonds. The maximum atomic E-state index is 11.6. The number of carbonyl (C=O) groups excluding carboxylic acids is 1. The molecule has 1 rings (SSSR count). The van der Waals surface area contributed by atoms with Crippen molar-refractivity contribution in [3.8, 4) is 0 Å². The van der Waals surface area contributed by atoms with Crippen LogP contribution in [0.5, 0.6) is 0 Å². The third-order valence-corrected chi connectivity index (χ3v) is 3.33. The Hall–Kier alpha value is -0.610. The quantitative estimate of drug-likeness (QED) is 0.508. The van der Waals surface area contributed by atoms with Crippen LogP contribution in [0.25, 0.3) is 0 Å². The van der Waals surface area contributed by atoms with Gasteiger partial charge in [0.2, 0.25) is 0 Å². The smallest absolute Gasteiger partial charge is 0.332 e. The first kappa shape index (κ1) is 15.4. The summed E-state index contributed by atoms with van der Waals surface area (Å²) in [5.41, 5.74) is -0.177. The summed E-state index contributed by atoms with van der Waals surface area (Å²) >= 11 is 0. The Balaban J connectivity index is 2.03. The number of hydrogen-bond acceptors (Lipinski definition) is 4. The molecule has 1 aliphatic heterocycles. The molecule has 1 heterocycles. The molecular weight excluding hydrogens is 230 g/mol. The molecule has 0 spiro atoms. The van der Waals surface area contributed by atoms with E-state index in [2.05, 4.69) is 12.2 Å². The van der Waals surface area contributed by atoms with Crippen LogP contribution in [0.15, 0.2) is 0 Å². The van der Waals surface area contributed by atoms with E-state index in [1.54, 1.807) is 0 Å². The van der Waals surface area contributed by atoms with Gasteiger partial charge < -0.3 is 14.8 Å². The Bertz CT molecular complexity index is 251. The summed E-state index contributed by atoms with van der Waals surface area (Å²) in [5, 5.41) is 3.13. The molecule has 1 N–H and O–H groups in total. The molecule has 0 aromatic rings. The van der Waals surface area contributed by atoms with E-state index in [1.165, 1.54) is 19.3 Å². The van der Waals surface area contributed by atoms with Gasteiger partial charge in [-0.2, -0.15) is 0 Å². The van der Waals surface area contributed by atoms with Crippen LogP contribution in [-0.4, -0.2) is 37.4 Å². The van der Waals surface area contributed by atoms with Gasteiger partial charge >= 0.3 is 5.97 Å². The molecule has 0 aliphatic carbocycles. The van der Waals surface area contributed by atoms with Gasteiger partial charge in [-0.1, -0.05) is 26.2 Å². The van der Waals surface area contributed by atoms with Crippen molar-refractivity contribution < 1.29 is 14.3 Å². The Morgan fingerprint density at radius 2 is 2.06 bits per heavy atom. The van der Waals surface area contributed by atoms with Gasteiger partial charge in [-0.3, -0.25) is 0 Å². The fourth-order valence-electron chi connectivity index (χ4n) is 1.99. The van der Waals surface area contributed by atoms with E-state index >= 15 is 0 Å². The second-order valence-electron chi connectivity index (χ2n) is 5.49. The molecule has 1 atom stereocenters. The number of rotatable bonds is 9. The van der Waals surface area contributed by atoms with Crippen molar-refractivity contribution in [2.75, 3.05) is 19.7 Å². The van der Waals surface area contributed by atoms with Crippen molar-refractivity contribution in [2.24, 2.45) is 0 Å². The Morgan fingerprint density at radius 1 is 1.33 bits per heavy atom. The van der Waals surface area contributed by atoms with Crippen molar-refractivity contribution in [2.45, 2.75) is 64.6 Å². The van der Waals surface area contributed by atoms with Crippen LogP contribution in [0.4, 0.5) is 0 Å². The molecular formula is C14H27NO3. The maximum absolute atomic E-state index is 11.6. The highest BCUT2D eigenvalue weighted by molar-refractivity contribution is 5.70. The van der Waals surface area contributed by atoms with Gasteiger partial charge in [0.15, 0.2) is 0 Å². The van der Waals surface area contributed by atoms with Gasteiger partial charge in [0, 0.05) is 13.1 Å². The molecule has 18 heavy (non-hydrogen) atoms. The zero-order valence-electron chi connectivity index (χ0n) is 12.0. The number of nitrogens with one attached hydrogen (secondary N) is 1. The summed E-state index contributed by atoms with van der Waals surface area (Å²) in [7, 11) is 0. The van der Waals surface area contributed by atoms with Gasteiger partial charge in [0.25, 0.3) is 0 Å². The largest absolute Gasteiger partial charge is 0.461 e. The molecule has 0 bridgehead atoms. The Labute approximate surface area is 110 Å². The average molecular weight is 257 g/mol. The molecule has 0 saturated carbocycles. The molecule has 0 aromatic carbocycles. The second kappa shape index (κ2) is 7.74. The standard InChI is InChI=1S/C14H27NO3/c1-4-5-6-7-8-12(2)18-13(16)9-17-14(3)10-15-11-14/h12,15H,4-11H2,1-3H3. The lowest BCUT2D eigenvalue weighted by atomic mass is 10.0. The molecule has 4 heteroatoms. The highest BCUT2D eigenvalue weighted by Gasteiger charge is 2.33. The van der Waals surface area contributed by atoms with Crippen LogP contribution in [0.2, 0.25) is 0 Å². The van der Waals surface area contributed by atoms with Crippen LogP contribution in [0.3, 0.4) is 0 Å². The van der Waals surface area contributed by atoms with Crippen molar-refractivity contribution in [3.05, 3.63) is 0 Å². The Kier molecular flexibility index (Phi) is 6.65. The zero-order chi connectivity index (χ0) is 13.4. The molecule has 0 aromatic heterocycles. The van der Waals surface area contributed by atoms with Crippen molar-refractivity contribution in [1.82, 2.24) is 5.32 Å². The second-order valence-corrected chi connectivity index (χ2v) is 5.49. The van der Waals surface area contributed by atoms with Crippen LogP contribution in [-0.2, 0) is 14.3 Å². The molecule has 1 aliphatic rings. The minimum atomic E-state index is -0.244. The summed E-state index contributed by atoms with van der Waals surface area (Å²) in [6.07, 6.45) is 5.79. The van der Waals surface area contributed by atoms with Gasteiger partial charge in [-0.25, -0.2) is 4.79 Å². The summed E-state index contributed by atoms with van der Waals surface area (Å²) in [6, 6.07) is 0. The lowest BCUT2D eigenvalue weighted by Gasteiger charge is -2.38. The number of carbonyl (C=O) groups is 1. The first-order valence-corrected chi connectivity index (χ1v) is 7.10. The fourth-order valence-corrected chi connectivity index (χ4v) is 1.99. The van der Waals surface area contributed by atoms with E-state index in [0.717, 1.165) is 25.9 Å². The van der Waals surface area contributed by atoms with Crippen LogP contribution >= 0.6 is 0 Å². The van der Waals surface area contributed by atoms with E-state index in [1.807, 2.05) is 13.8 Å². The zero-order valence-corrected chi connectivity index (χ0v) is 12.0. The maximum Gasteiger partial charge on any atom is 0.332 e. The molecule has 4 nitrogen and oxygen atoms in total. The molecule has 1 unspecified atom stereocenters. The molecule has 1 fully saturated rings. The third kappa shape index (κ3) is 5.83. The summed E-state index contributed by atoms with van der Waals surface area (Å²) in [5.74, 6) is -0.244. The SMILES string of the molecule is CCCCCCC(C)OC(=O)COC1(C)CNC1. The van der Waals surface area contributed by atoms with Gasteiger partial charge in [0.1, 0.15) is 6.61 Å². The van der Waals surface area contributed by atoms with E-state index in [0.29, 0.717) is 0 Å². The third-order valence-electron chi connectivity index (χ3n) is 3.33. The normalized spacial score (nSPS) is 19.1. The van der Waals surface area contributed by atoms with Crippen LogP contribution in [0, 0.1) is 0 Å². The van der Waals surface area contributed by atoms with Gasteiger partial charge in [0.05, 0.1) is 11.7 Å². The predicted octanol–water partition coefficient (Wildman–Crippen LogP) is 2.27. The van der Waals surface area contributed by atoms with E-state index in [9.17, 15) is 4.79 Å². The Morgan fingerprint density at radius 3 is 2.61 bits per heavy atom. The van der Waals surface area contributed by atoms with Crippen molar-refractivity contribution >= 4 is 5.97 Å². The average Bonchev–Trinajstić information content (AvgIpc) is 2.30. The lowest BCUT2D eigenvalue weighted by Crippen LogP contribution is -2.59. The molecule has 106 valence electrons. The molecule has 0 radical (unpaired) electrons. The first-order chi connectivity index (χ1) is 8.56. The summed E-state index contributed by atoms with van der Waals surface area (Å²) in [6.45, 7) is 7.84. The topological polar surface area (TPSA) is 47.6 Å². The first-order valence-electron chi connectivity index (χ1n) is 7.10. The summed E-state index contributed by atoms with van der Waals surface area (Å²) in [4.78, 5) is 11.6. The monoisotopic (exact) mass is 257 g/mol. The minimum Gasteiger partial charge on any atom is -0.461 e. The highest BCUT2D eigenvalue weighted by atomic mass is 16.6. The number of hydrogen-bond donors (Lipinski definition) is 1. The van der Waals surface area contributed by atoms with Gasteiger partial charge in [-0.05, 0) is 26.7 Å². The van der Waals surface area contributed by atoms with Crippen molar-refractivity contribution in [1.29, 1.82) is 0 Å². The lowest BCUT2D eigenvalue weighted by molar-refractivity contribution is -0.163. The van der Waals surface area contributed by atoms with E-state index in [-0.39, 0.29) is 24.3 Å². The minimum absolute atomic E-state index is 0.00489. The van der Waals surface area contributed by atoms with Crippen LogP contribution < -0.4 is 5.32 Å². The van der Waals surface area contributed by atoms with E-state index in [4.69, 9.17) is 9.47 Å². The molecule has 1 saturated heterocycles. The number of ether oxygens (including phenoxy) is 2. The predicted molar refractivity (Wildman–Crippen MR) is 71.5 cm³/mol.